The number of hydrogen-bond donors (Lipinski definition) is 1. The predicted octanol–water partition coefficient (Wildman–Crippen LogP) is -4.15. The minimum Gasteiger partial charge on any atom is -0.857 e. The minimum absolute atomic E-state index is 0. The maximum absolute atomic E-state index is 10.2. The van der Waals surface area contributed by atoms with E-state index >= 15 is 0 Å². The van der Waals surface area contributed by atoms with E-state index in [1.165, 1.54) is 0 Å². The van der Waals surface area contributed by atoms with Crippen molar-refractivity contribution >= 4 is 0 Å². The van der Waals surface area contributed by atoms with Gasteiger partial charge in [0.2, 0.25) is 0 Å². The van der Waals surface area contributed by atoms with E-state index in [9.17, 15) is 9.90 Å². The Hall–Kier alpha value is 0.316. The Labute approximate surface area is 93.7 Å². The Morgan fingerprint density at radius 3 is 2.56 bits per heavy atom. The molecule has 0 spiro atoms. The summed E-state index contributed by atoms with van der Waals surface area (Å²) in [6.07, 6.45) is 0. The molecular weight excluding hydrogens is 147 g/mol. The molecule has 1 aromatic heterocycles. The van der Waals surface area contributed by atoms with Crippen LogP contribution in [0, 0.1) is 0 Å². The zero-order chi connectivity index (χ0) is 5.98. The Kier molecular flexibility index (Phi) is 4.33. The summed E-state index contributed by atoms with van der Waals surface area (Å²) in [7, 11) is 0. The topological polar surface area (TPSA) is 68.8 Å². The fourth-order valence-electron chi connectivity index (χ4n) is 0.332. The second kappa shape index (κ2) is 4.18. The maximum Gasteiger partial charge on any atom is 1.00 e. The molecule has 0 saturated heterocycles. The molecule has 1 heterocycles. The summed E-state index contributed by atoms with van der Waals surface area (Å²) in [6.45, 7) is 0. The van der Waals surface area contributed by atoms with Crippen LogP contribution in [0.2, 0.25) is 0 Å². The molecule has 1 rings (SSSR count). The van der Waals surface area contributed by atoms with Crippen molar-refractivity contribution in [1.82, 2.24) is 10.2 Å². The van der Waals surface area contributed by atoms with Crippen molar-refractivity contribution in [3.8, 4) is 5.88 Å². The Bertz CT molecular complexity index is 214. The van der Waals surface area contributed by atoms with Gasteiger partial charge in [0.05, 0.1) is 0 Å². The molecule has 0 saturated carbocycles. The van der Waals surface area contributed by atoms with E-state index < -0.39 is 5.88 Å². The van der Waals surface area contributed by atoms with Crippen LogP contribution in [0.1, 0.15) is 0 Å². The fourth-order valence-corrected chi connectivity index (χ4v) is 0.332. The summed E-state index contributed by atoms with van der Waals surface area (Å²) < 4.78 is 0. The molecule has 1 aromatic rings. The van der Waals surface area contributed by atoms with Gasteiger partial charge in [-0.25, -0.2) is 5.10 Å². The van der Waals surface area contributed by atoms with Gasteiger partial charge in [-0.3, -0.25) is 4.79 Å². The third-order valence-corrected chi connectivity index (χ3v) is 0.654. The van der Waals surface area contributed by atoms with Crippen LogP contribution < -0.4 is 62.1 Å². The molecule has 0 aliphatic heterocycles. The third-order valence-electron chi connectivity index (χ3n) is 0.654. The van der Waals surface area contributed by atoms with Crippen LogP contribution in [-0.4, -0.2) is 10.2 Å². The van der Waals surface area contributed by atoms with Crippen molar-refractivity contribution < 1.29 is 56.5 Å². The van der Waals surface area contributed by atoms with Gasteiger partial charge in [0.15, 0.2) is 0 Å². The number of aromatic amines is 1. The van der Waals surface area contributed by atoms with Crippen molar-refractivity contribution in [3.63, 3.8) is 0 Å². The molecule has 4 nitrogen and oxygen atoms in total. The van der Waals surface area contributed by atoms with E-state index in [1.807, 2.05) is 5.10 Å². The van der Waals surface area contributed by atoms with Crippen LogP contribution in [0.25, 0.3) is 0 Å². The van der Waals surface area contributed by atoms with Gasteiger partial charge in [0, 0.05) is 11.9 Å². The van der Waals surface area contributed by atoms with Gasteiger partial charge in [-0.05, 0) is 6.07 Å². The number of aromatic nitrogens is 2. The molecule has 0 aliphatic rings. The number of nitrogens with one attached hydrogen (secondary N) is 1. The Morgan fingerprint density at radius 2 is 2.22 bits per heavy atom. The molecule has 0 aliphatic carbocycles. The van der Waals surface area contributed by atoms with E-state index in [-0.39, 0.29) is 56.9 Å². The van der Waals surface area contributed by atoms with Gasteiger partial charge < -0.3 is 5.11 Å². The number of H-pyrrole nitrogens is 1. The summed E-state index contributed by atoms with van der Waals surface area (Å²) in [5.41, 5.74) is -0.357. The van der Waals surface area contributed by atoms with Crippen molar-refractivity contribution in [2.24, 2.45) is 0 Å². The molecule has 0 amide bonds. The van der Waals surface area contributed by atoms with Crippen LogP contribution in [-0.2, 0) is 0 Å². The molecule has 9 heavy (non-hydrogen) atoms. The molecule has 0 aromatic carbocycles. The molecule has 1 N–H and O–H groups in total. The van der Waals surface area contributed by atoms with Crippen LogP contribution in [0.5, 0.6) is 5.88 Å². The van der Waals surface area contributed by atoms with Crippen molar-refractivity contribution in [2.45, 2.75) is 0 Å². The minimum atomic E-state index is -0.426. The number of hydrogen-bond acceptors (Lipinski definition) is 3. The first kappa shape index (κ1) is 9.32. The average molecular weight is 150 g/mol. The first-order chi connectivity index (χ1) is 3.79. The van der Waals surface area contributed by atoms with Gasteiger partial charge in [-0.1, -0.05) is 0 Å². The summed E-state index contributed by atoms with van der Waals surface area (Å²) in [6, 6.07) is 2.24. The van der Waals surface area contributed by atoms with E-state index in [1.54, 1.807) is 0 Å². The Morgan fingerprint density at radius 1 is 1.56 bits per heavy atom. The first-order valence-corrected chi connectivity index (χ1v) is 2.02. The standard InChI is InChI=1S/C4H4N2O2.K/c7-3-1-2-4(8)6-5-3;/h1-2H,(H,5,7)(H,6,8);/q;+1/p-1. The van der Waals surface area contributed by atoms with Crippen LogP contribution in [0.4, 0.5) is 0 Å². The summed E-state index contributed by atoms with van der Waals surface area (Å²) >= 11 is 0. The van der Waals surface area contributed by atoms with Gasteiger partial charge in [0.25, 0.3) is 5.56 Å². The van der Waals surface area contributed by atoms with Crippen LogP contribution >= 0.6 is 0 Å². The summed E-state index contributed by atoms with van der Waals surface area (Å²) in [4.78, 5) is 10.2. The Balaban J connectivity index is 0.000000640. The monoisotopic (exact) mass is 150 g/mol. The summed E-state index contributed by atoms with van der Waals surface area (Å²) in [5.74, 6) is -0.426. The molecule has 0 radical (unpaired) electrons. The van der Waals surface area contributed by atoms with Crippen molar-refractivity contribution in [1.29, 1.82) is 0 Å². The molecular formula is C4H3KN2O2. The van der Waals surface area contributed by atoms with E-state index in [0.29, 0.717) is 0 Å². The maximum atomic E-state index is 10.2. The molecule has 42 valence electrons. The van der Waals surface area contributed by atoms with Gasteiger partial charge in [-0.2, -0.15) is 5.10 Å². The quantitative estimate of drug-likeness (QED) is 0.382. The smallest absolute Gasteiger partial charge is 0.857 e. The zero-order valence-electron chi connectivity index (χ0n) is 4.92. The van der Waals surface area contributed by atoms with Gasteiger partial charge >= 0.3 is 51.4 Å². The van der Waals surface area contributed by atoms with E-state index in [0.717, 1.165) is 12.1 Å². The fraction of sp³-hybridized carbons (Fsp3) is 0. The second-order valence-corrected chi connectivity index (χ2v) is 1.26. The molecule has 0 unspecified atom stereocenters. The van der Waals surface area contributed by atoms with Crippen molar-refractivity contribution in [3.05, 3.63) is 22.5 Å². The zero-order valence-corrected chi connectivity index (χ0v) is 8.04. The molecule has 0 atom stereocenters. The average Bonchev–Trinajstić information content (AvgIpc) is 1.77. The van der Waals surface area contributed by atoms with Crippen molar-refractivity contribution in [2.75, 3.05) is 0 Å². The molecule has 0 bridgehead atoms. The first-order valence-electron chi connectivity index (χ1n) is 2.02. The number of rotatable bonds is 0. The van der Waals surface area contributed by atoms with Crippen LogP contribution in [0.15, 0.2) is 16.9 Å². The van der Waals surface area contributed by atoms with Crippen LogP contribution in [0.3, 0.4) is 0 Å². The van der Waals surface area contributed by atoms with Gasteiger partial charge in [0.1, 0.15) is 0 Å². The summed E-state index contributed by atoms with van der Waals surface area (Å²) in [5, 5.41) is 15.2. The van der Waals surface area contributed by atoms with E-state index in [4.69, 9.17) is 0 Å². The molecule has 0 fully saturated rings. The largest absolute Gasteiger partial charge is 1.00 e. The third kappa shape index (κ3) is 3.12. The predicted molar refractivity (Wildman–Crippen MR) is 24.3 cm³/mol. The van der Waals surface area contributed by atoms with E-state index in [2.05, 4.69) is 5.10 Å². The van der Waals surface area contributed by atoms with Gasteiger partial charge in [-0.15, -0.1) is 0 Å². The SMILES string of the molecule is O=c1ccc([O-])n[nH]1.[K+]. The normalized spacial score (nSPS) is 8.00. The number of nitrogens with zero attached hydrogens (tertiary/aromatic N) is 1. The molecule has 5 heteroatoms. The second-order valence-electron chi connectivity index (χ2n) is 1.26.